The number of hydrogen-bond donors (Lipinski definition) is 1. The van der Waals surface area contributed by atoms with Crippen LogP contribution in [0.3, 0.4) is 0 Å². The molecule has 0 aromatic carbocycles. The summed E-state index contributed by atoms with van der Waals surface area (Å²) in [6.45, 7) is 6.90. The largest absolute Gasteiger partial charge is 0.465 e. The molecule has 1 rings (SSSR count). The molecule has 0 saturated heterocycles. The maximum Gasteiger partial charge on any atom is 0.326 e. The molecule has 120 valence electrons. The second-order valence-electron chi connectivity index (χ2n) is 4.57. The van der Waals surface area contributed by atoms with Crippen molar-refractivity contribution in [2.24, 2.45) is 0 Å². The Hall–Kier alpha value is -0.310. The lowest BCUT2D eigenvalue weighted by Crippen LogP contribution is -2.50. The number of hydrogen-bond acceptors (Lipinski definition) is 8. The van der Waals surface area contributed by atoms with Gasteiger partial charge in [0, 0.05) is 5.75 Å². The highest BCUT2D eigenvalue weighted by Crippen LogP contribution is 2.28. The third-order valence-electron chi connectivity index (χ3n) is 2.90. The van der Waals surface area contributed by atoms with Crippen LogP contribution in [0.2, 0.25) is 0 Å². The first-order valence-electron chi connectivity index (χ1n) is 6.98. The lowest BCUT2D eigenvalue weighted by atomic mass is 9.96. The maximum absolute atomic E-state index is 12.0. The molecule has 1 atom stereocenters. The van der Waals surface area contributed by atoms with E-state index in [0.717, 1.165) is 33.8 Å². The van der Waals surface area contributed by atoms with Crippen molar-refractivity contribution in [2.75, 3.05) is 25.2 Å². The molecular weight excluding hydrogens is 326 g/mol. The van der Waals surface area contributed by atoms with Crippen LogP contribution in [0.1, 0.15) is 33.6 Å². The van der Waals surface area contributed by atoms with Crippen LogP contribution < -0.4 is 5.32 Å². The van der Waals surface area contributed by atoms with E-state index in [1.165, 1.54) is 0 Å². The molecule has 1 N–H and O–H groups in total. The Morgan fingerprint density at radius 3 is 2.67 bits per heavy atom. The van der Waals surface area contributed by atoms with Gasteiger partial charge in [-0.1, -0.05) is 41.8 Å². The number of likely N-dealkylation sites (N-methyl/N-ethyl adjacent to an activating group) is 1. The molecule has 5 nitrogen and oxygen atoms in total. The minimum Gasteiger partial charge on any atom is -0.465 e. The zero-order valence-electron chi connectivity index (χ0n) is 13.0. The fourth-order valence-electron chi connectivity index (χ4n) is 1.87. The lowest BCUT2D eigenvalue weighted by molar-refractivity contribution is -0.150. The SMILES string of the molecule is CCNC(C)(CCCSc1nnc(SC)s1)C(=O)OCC. The molecule has 1 unspecified atom stereocenters. The standard InChI is InChI=1S/C13H23N3O2S3/c1-5-14-13(3,10(17)18-6-2)8-7-9-20-12-16-15-11(19-4)21-12/h14H,5-9H2,1-4H3. The van der Waals surface area contributed by atoms with Crippen molar-refractivity contribution in [1.82, 2.24) is 15.5 Å². The van der Waals surface area contributed by atoms with Gasteiger partial charge in [0.05, 0.1) is 6.61 Å². The highest BCUT2D eigenvalue weighted by atomic mass is 32.2. The van der Waals surface area contributed by atoms with Gasteiger partial charge in [-0.3, -0.25) is 4.79 Å². The van der Waals surface area contributed by atoms with Gasteiger partial charge in [-0.2, -0.15) is 0 Å². The first-order valence-corrected chi connectivity index (χ1v) is 10.0. The Kier molecular flexibility index (Phi) is 8.62. The van der Waals surface area contributed by atoms with E-state index >= 15 is 0 Å². The third kappa shape index (κ3) is 6.14. The molecule has 1 aromatic heterocycles. The van der Waals surface area contributed by atoms with E-state index < -0.39 is 5.54 Å². The van der Waals surface area contributed by atoms with Gasteiger partial charge in [-0.15, -0.1) is 10.2 Å². The zero-order valence-corrected chi connectivity index (χ0v) is 15.4. The van der Waals surface area contributed by atoms with Gasteiger partial charge in [0.1, 0.15) is 5.54 Å². The van der Waals surface area contributed by atoms with Gasteiger partial charge in [0.25, 0.3) is 0 Å². The molecular formula is C13H23N3O2S3. The summed E-state index contributed by atoms with van der Waals surface area (Å²) in [6.07, 6.45) is 3.66. The van der Waals surface area contributed by atoms with Crippen molar-refractivity contribution in [2.45, 2.75) is 47.8 Å². The summed E-state index contributed by atoms with van der Waals surface area (Å²) < 4.78 is 7.14. The normalized spacial score (nSPS) is 13.9. The van der Waals surface area contributed by atoms with Gasteiger partial charge >= 0.3 is 5.97 Å². The maximum atomic E-state index is 12.0. The van der Waals surface area contributed by atoms with Crippen LogP contribution in [-0.2, 0) is 9.53 Å². The van der Waals surface area contributed by atoms with Crippen LogP contribution in [0, 0.1) is 0 Å². The van der Waals surface area contributed by atoms with Crippen LogP contribution in [0.25, 0.3) is 0 Å². The molecule has 0 spiro atoms. The smallest absolute Gasteiger partial charge is 0.326 e. The first kappa shape index (κ1) is 18.7. The van der Waals surface area contributed by atoms with E-state index in [0.29, 0.717) is 6.61 Å². The quantitative estimate of drug-likeness (QED) is 0.395. The predicted octanol–water partition coefficient (Wildman–Crippen LogP) is 3.06. The summed E-state index contributed by atoms with van der Waals surface area (Å²) in [6, 6.07) is 0. The van der Waals surface area contributed by atoms with Crippen molar-refractivity contribution >= 4 is 40.8 Å². The number of aromatic nitrogens is 2. The number of carbonyl (C=O) groups excluding carboxylic acids is 1. The fourth-order valence-corrected chi connectivity index (χ4v) is 4.31. The number of esters is 1. The molecule has 0 aliphatic heterocycles. The predicted molar refractivity (Wildman–Crippen MR) is 90.4 cm³/mol. The Morgan fingerprint density at radius 2 is 2.10 bits per heavy atom. The second kappa shape index (κ2) is 9.66. The second-order valence-corrected chi connectivity index (χ2v) is 7.95. The molecule has 8 heteroatoms. The van der Waals surface area contributed by atoms with Gasteiger partial charge in [-0.25, -0.2) is 0 Å². The highest BCUT2D eigenvalue weighted by molar-refractivity contribution is 8.02. The average Bonchev–Trinajstić information content (AvgIpc) is 2.92. The van der Waals surface area contributed by atoms with E-state index in [-0.39, 0.29) is 5.97 Å². The van der Waals surface area contributed by atoms with Crippen LogP contribution >= 0.6 is 34.9 Å². The van der Waals surface area contributed by atoms with E-state index in [2.05, 4.69) is 15.5 Å². The molecule has 0 saturated carbocycles. The Bertz CT molecular complexity index is 442. The first-order chi connectivity index (χ1) is 10.1. The lowest BCUT2D eigenvalue weighted by Gasteiger charge is -2.28. The number of carbonyl (C=O) groups is 1. The topological polar surface area (TPSA) is 64.1 Å². The highest BCUT2D eigenvalue weighted by Gasteiger charge is 2.33. The number of thioether (sulfide) groups is 2. The van der Waals surface area contributed by atoms with Gasteiger partial charge in [-0.05, 0) is 39.5 Å². The van der Waals surface area contributed by atoms with Crippen molar-refractivity contribution in [3.63, 3.8) is 0 Å². The summed E-state index contributed by atoms with van der Waals surface area (Å²) in [7, 11) is 0. The van der Waals surface area contributed by atoms with Gasteiger partial charge < -0.3 is 10.1 Å². The number of rotatable bonds is 10. The summed E-state index contributed by atoms with van der Waals surface area (Å²) in [4.78, 5) is 12.0. The number of nitrogens with zero attached hydrogens (tertiary/aromatic N) is 2. The molecule has 0 amide bonds. The van der Waals surface area contributed by atoms with Crippen LogP contribution in [0.4, 0.5) is 0 Å². The Balaban J connectivity index is 2.41. The number of ether oxygens (including phenoxy) is 1. The monoisotopic (exact) mass is 349 g/mol. The summed E-state index contributed by atoms with van der Waals surface area (Å²) in [5, 5.41) is 11.4. The van der Waals surface area contributed by atoms with Crippen molar-refractivity contribution in [3.05, 3.63) is 0 Å². The minimum atomic E-state index is -0.600. The molecule has 1 aromatic rings. The van der Waals surface area contributed by atoms with E-state index in [4.69, 9.17) is 4.74 Å². The average molecular weight is 350 g/mol. The minimum absolute atomic E-state index is 0.169. The molecule has 0 fully saturated rings. The van der Waals surface area contributed by atoms with Gasteiger partial charge in [0.2, 0.25) is 0 Å². The third-order valence-corrected chi connectivity index (χ3v) is 6.02. The van der Waals surface area contributed by atoms with E-state index in [9.17, 15) is 4.79 Å². The van der Waals surface area contributed by atoms with Crippen molar-refractivity contribution in [1.29, 1.82) is 0 Å². The Morgan fingerprint density at radius 1 is 1.38 bits per heavy atom. The molecule has 0 aliphatic rings. The molecule has 1 heterocycles. The van der Waals surface area contributed by atoms with E-state index in [1.807, 2.05) is 27.0 Å². The summed E-state index contributed by atoms with van der Waals surface area (Å²) >= 11 is 4.91. The molecule has 0 aliphatic carbocycles. The summed E-state index contributed by atoms with van der Waals surface area (Å²) in [5.74, 6) is 0.751. The van der Waals surface area contributed by atoms with Crippen LogP contribution in [0.15, 0.2) is 8.68 Å². The fraction of sp³-hybridized carbons (Fsp3) is 0.769. The Labute approximate surface area is 139 Å². The molecule has 0 bridgehead atoms. The van der Waals surface area contributed by atoms with Crippen LogP contribution in [0.5, 0.6) is 0 Å². The van der Waals surface area contributed by atoms with Gasteiger partial charge in [0.15, 0.2) is 8.68 Å². The molecule has 0 radical (unpaired) electrons. The molecule has 21 heavy (non-hydrogen) atoms. The summed E-state index contributed by atoms with van der Waals surface area (Å²) in [5.41, 5.74) is -0.600. The van der Waals surface area contributed by atoms with Crippen molar-refractivity contribution in [3.8, 4) is 0 Å². The van der Waals surface area contributed by atoms with Crippen LogP contribution in [-0.4, -0.2) is 46.9 Å². The zero-order chi connectivity index (χ0) is 15.7. The van der Waals surface area contributed by atoms with E-state index in [1.54, 1.807) is 34.9 Å². The van der Waals surface area contributed by atoms with Crippen molar-refractivity contribution < 1.29 is 9.53 Å². The number of nitrogens with one attached hydrogen (secondary N) is 1.